The third-order valence-electron chi connectivity index (χ3n) is 2.82. The minimum Gasteiger partial charge on any atom is -0.472 e. The second-order valence-corrected chi connectivity index (χ2v) is 5.01. The van der Waals surface area contributed by atoms with Crippen LogP contribution in [0.25, 0.3) is 0 Å². The largest absolute Gasteiger partial charge is 0.472 e. The molecule has 2 heterocycles. The van der Waals surface area contributed by atoms with Crippen LogP contribution in [-0.2, 0) is 15.7 Å². The third-order valence-corrected chi connectivity index (χ3v) is 3.11. The quantitative estimate of drug-likeness (QED) is 0.841. The van der Waals surface area contributed by atoms with Gasteiger partial charge < -0.3 is 14.5 Å². The van der Waals surface area contributed by atoms with E-state index in [2.05, 4.69) is 10.3 Å². The molecule has 0 fully saturated rings. The van der Waals surface area contributed by atoms with Gasteiger partial charge in [0.2, 0.25) is 0 Å². The number of halogens is 4. The Morgan fingerprint density at radius 3 is 2.67 bits per heavy atom. The maximum atomic E-state index is 12.5. The monoisotopic (exact) mass is 362 g/mol. The molecule has 2 aromatic heterocycles. The second-order valence-electron chi connectivity index (χ2n) is 4.60. The van der Waals surface area contributed by atoms with Crippen molar-refractivity contribution < 1.29 is 31.9 Å². The highest BCUT2D eigenvalue weighted by molar-refractivity contribution is 6.33. The molecule has 0 bridgehead atoms. The summed E-state index contributed by atoms with van der Waals surface area (Å²) in [6.45, 7) is 1.28. The van der Waals surface area contributed by atoms with Crippen LogP contribution in [0.5, 0.6) is 0 Å². The number of esters is 1. The Kier molecular flexibility index (Phi) is 5.13. The van der Waals surface area contributed by atoms with Gasteiger partial charge in [0.25, 0.3) is 5.91 Å². The van der Waals surface area contributed by atoms with E-state index >= 15 is 0 Å². The smallest absolute Gasteiger partial charge is 0.417 e. The number of amides is 1. The van der Waals surface area contributed by atoms with E-state index in [-0.39, 0.29) is 11.4 Å². The maximum Gasteiger partial charge on any atom is 0.417 e. The Labute approximate surface area is 138 Å². The summed E-state index contributed by atoms with van der Waals surface area (Å²) in [5, 5.41) is 1.79. The minimum atomic E-state index is -4.60. The van der Waals surface area contributed by atoms with Crippen molar-refractivity contribution in [2.45, 2.75) is 19.2 Å². The van der Waals surface area contributed by atoms with Gasteiger partial charge in [0.1, 0.15) is 6.26 Å². The number of nitrogens with one attached hydrogen (secondary N) is 1. The molecule has 1 unspecified atom stereocenters. The second kappa shape index (κ2) is 6.91. The first-order chi connectivity index (χ1) is 11.2. The van der Waals surface area contributed by atoms with Gasteiger partial charge in [-0.2, -0.15) is 13.2 Å². The van der Waals surface area contributed by atoms with Crippen molar-refractivity contribution in [2.75, 3.05) is 5.32 Å². The van der Waals surface area contributed by atoms with Crippen LogP contribution in [0, 0.1) is 0 Å². The summed E-state index contributed by atoms with van der Waals surface area (Å²) in [4.78, 5) is 27.0. The predicted octanol–water partition coefficient (Wildman–Crippen LogP) is 3.53. The molecule has 1 amide bonds. The van der Waals surface area contributed by atoms with Crippen molar-refractivity contribution in [1.82, 2.24) is 4.98 Å². The number of carbonyl (C=O) groups excluding carboxylic acids is 2. The lowest BCUT2D eigenvalue weighted by Crippen LogP contribution is -2.30. The summed E-state index contributed by atoms with van der Waals surface area (Å²) < 4.78 is 47.1. The summed E-state index contributed by atoms with van der Waals surface area (Å²) in [6.07, 6.45) is -2.90. The summed E-state index contributed by atoms with van der Waals surface area (Å²) in [7, 11) is 0. The normalized spacial score (nSPS) is 12.5. The summed E-state index contributed by atoms with van der Waals surface area (Å²) >= 11 is 5.67. The molecule has 0 spiro atoms. The molecule has 0 aromatic carbocycles. The van der Waals surface area contributed by atoms with E-state index in [0.717, 1.165) is 6.26 Å². The van der Waals surface area contributed by atoms with Crippen molar-refractivity contribution in [2.24, 2.45) is 0 Å². The van der Waals surface area contributed by atoms with Crippen molar-refractivity contribution in [1.29, 1.82) is 0 Å². The molecule has 1 atom stereocenters. The highest BCUT2D eigenvalue weighted by atomic mass is 35.5. The standard InChI is InChI=1S/C14H10ClF3N2O4/c1-7(24-13(22)8-2-3-23-6-8)12(21)20-11-10(15)4-9(5-19-11)14(16,17)18/h2-7H,1H3,(H,19,20,21). The zero-order chi connectivity index (χ0) is 17.9. The molecule has 0 saturated heterocycles. The number of hydrogen-bond acceptors (Lipinski definition) is 5. The number of carbonyl (C=O) groups is 2. The lowest BCUT2D eigenvalue weighted by molar-refractivity contribution is -0.137. The molecule has 0 aliphatic carbocycles. The Morgan fingerprint density at radius 2 is 2.12 bits per heavy atom. The number of furan rings is 1. The number of rotatable bonds is 4. The minimum absolute atomic E-state index is 0.111. The van der Waals surface area contributed by atoms with Gasteiger partial charge >= 0.3 is 12.1 Å². The van der Waals surface area contributed by atoms with Gasteiger partial charge in [0.05, 0.1) is 22.4 Å². The van der Waals surface area contributed by atoms with Crippen molar-refractivity contribution >= 4 is 29.3 Å². The SMILES string of the molecule is CC(OC(=O)c1ccoc1)C(=O)Nc1ncc(C(F)(F)F)cc1Cl. The van der Waals surface area contributed by atoms with Crippen molar-refractivity contribution in [3.05, 3.63) is 47.0 Å². The van der Waals surface area contributed by atoms with Crippen LogP contribution >= 0.6 is 11.6 Å². The summed E-state index contributed by atoms with van der Waals surface area (Å²) in [5.74, 6) is -1.88. The van der Waals surface area contributed by atoms with E-state index in [1.165, 1.54) is 19.3 Å². The average Bonchev–Trinajstić information content (AvgIpc) is 3.02. The molecule has 0 radical (unpaired) electrons. The van der Waals surface area contributed by atoms with Crippen LogP contribution in [0.2, 0.25) is 5.02 Å². The van der Waals surface area contributed by atoms with Crippen LogP contribution in [0.3, 0.4) is 0 Å². The molecule has 1 N–H and O–H groups in total. The molecule has 0 saturated carbocycles. The van der Waals surface area contributed by atoms with E-state index < -0.39 is 34.7 Å². The molecule has 2 rings (SSSR count). The molecule has 6 nitrogen and oxygen atoms in total. The van der Waals surface area contributed by atoms with Crippen molar-refractivity contribution in [3.8, 4) is 0 Å². The Hall–Kier alpha value is -2.55. The number of aromatic nitrogens is 1. The zero-order valence-electron chi connectivity index (χ0n) is 12.1. The molecule has 24 heavy (non-hydrogen) atoms. The van der Waals surface area contributed by atoms with Crippen LogP contribution in [0.1, 0.15) is 22.8 Å². The topological polar surface area (TPSA) is 81.4 Å². The fourth-order valence-electron chi connectivity index (χ4n) is 1.57. The van der Waals surface area contributed by atoms with Gasteiger partial charge in [0.15, 0.2) is 11.9 Å². The highest BCUT2D eigenvalue weighted by Gasteiger charge is 2.32. The number of anilines is 1. The first kappa shape index (κ1) is 17.8. The van der Waals surface area contributed by atoms with E-state index in [9.17, 15) is 22.8 Å². The molecule has 10 heteroatoms. The van der Waals surface area contributed by atoms with E-state index in [4.69, 9.17) is 20.8 Å². The van der Waals surface area contributed by atoms with E-state index in [0.29, 0.717) is 12.3 Å². The van der Waals surface area contributed by atoms with E-state index in [1.807, 2.05) is 0 Å². The third kappa shape index (κ3) is 4.25. The molecule has 0 aliphatic heterocycles. The van der Waals surface area contributed by atoms with Crippen LogP contribution in [0.15, 0.2) is 35.3 Å². The lowest BCUT2D eigenvalue weighted by Gasteiger charge is -2.14. The number of pyridine rings is 1. The number of alkyl halides is 3. The number of ether oxygens (including phenoxy) is 1. The van der Waals surface area contributed by atoms with Crippen LogP contribution in [0.4, 0.5) is 19.0 Å². The Balaban J connectivity index is 2.02. The van der Waals surface area contributed by atoms with E-state index in [1.54, 1.807) is 0 Å². The summed E-state index contributed by atoms with van der Waals surface area (Å²) in [6, 6.07) is 1.98. The lowest BCUT2D eigenvalue weighted by atomic mass is 10.2. The zero-order valence-corrected chi connectivity index (χ0v) is 12.8. The first-order valence-electron chi connectivity index (χ1n) is 6.45. The number of hydrogen-bond donors (Lipinski definition) is 1. The van der Waals surface area contributed by atoms with Gasteiger partial charge in [0, 0.05) is 6.20 Å². The fraction of sp³-hybridized carbons (Fsp3) is 0.214. The highest BCUT2D eigenvalue weighted by Crippen LogP contribution is 2.32. The molecular formula is C14H10ClF3N2O4. The van der Waals surface area contributed by atoms with Gasteiger partial charge in [-0.3, -0.25) is 4.79 Å². The summed E-state index contributed by atoms with van der Waals surface area (Å²) in [5.41, 5.74) is -0.940. The predicted molar refractivity (Wildman–Crippen MR) is 76.5 cm³/mol. The van der Waals surface area contributed by atoms with Crippen molar-refractivity contribution in [3.63, 3.8) is 0 Å². The molecular weight excluding hydrogens is 353 g/mol. The first-order valence-corrected chi connectivity index (χ1v) is 6.83. The van der Waals surface area contributed by atoms with Gasteiger partial charge in [-0.25, -0.2) is 9.78 Å². The average molecular weight is 363 g/mol. The molecule has 2 aromatic rings. The Morgan fingerprint density at radius 1 is 1.42 bits per heavy atom. The number of nitrogens with zero attached hydrogens (tertiary/aromatic N) is 1. The van der Waals surface area contributed by atoms with Gasteiger partial charge in [-0.05, 0) is 19.1 Å². The van der Waals surface area contributed by atoms with Crippen LogP contribution < -0.4 is 5.32 Å². The fourth-order valence-corrected chi connectivity index (χ4v) is 1.78. The van der Waals surface area contributed by atoms with Gasteiger partial charge in [-0.15, -0.1) is 0 Å². The molecule has 0 aliphatic rings. The Bertz CT molecular complexity index is 747. The molecule has 128 valence electrons. The van der Waals surface area contributed by atoms with Crippen LogP contribution in [-0.4, -0.2) is 23.0 Å². The van der Waals surface area contributed by atoms with Gasteiger partial charge in [-0.1, -0.05) is 11.6 Å². The maximum absolute atomic E-state index is 12.5.